The molecule has 0 aliphatic carbocycles. The van der Waals surface area contributed by atoms with Gasteiger partial charge in [-0.15, -0.1) is 0 Å². The molecular weight excluding hydrogens is 324 g/mol. The van der Waals surface area contributed by atoms with Crippen LogP contribution in [0.25, 0.3) is 6.08 Å². The Balaban J connectivity index is 2.18. The van der Waals surface area contributed by atoms with E-state index < -0.39 is 0 Å². The molecule has 0 heterocycles. The first kappa shape index (κ1) is 19.8. The quantitative estimate of drug-likeness (QED) is 0.405. The van der Waals surface area contributed by atoms with E-state index in [0.717, 1.165) is 36.3 Å². The molecule has 2 rings (SSSR count). The van der Waals surface area contributed by atoms with Crippen molar-refractivity contribution in [3.05, 3.63) is 65.2 Å². The molecule has 0 aliphatic rings. The van der Waals surface area contributed by atoms with E-state index in [2.05, 4.69) is 32.9 Å². The van der Waals surface area contributed by atoms with E-state index in [4.69, 9.17) is 9.47 Å². The Hall–Kier alpha value is -2.55. The number of benzene rings is 2. The number of carbonyl (C=O) groups excluding carboxylic acids is 1. The third kappa shape index (κ3) is 5.76. The molecule has 0 bridgehead atoms. The largest absolute Gasteiger partial charge is 0.494 e. The molecule has 0 spiro atoms. The highest BCUT2D eigenvalue weighted by atomic mass is 16.5. The van der Waals surface area contributed by atoms with Gasteiger partial charge in [-0.05, 0) is 61.2 Å². The lowest BCUT2D eigenvalue weighted by Gasteiger charge is -2.10. The van der Waals surface area contributed by atoms with Crippen LogP contribution in [0.4, 0.5) is 0 Å². The summed E-state index contributed by atoms with van der Waals surface area (Å²) in [7, 11) is 0. The first-order valence-electron chi connectivity index (χ1n) is 9.38. The fraction of sp³-hybridized carbons (Fsp3) is 0.348. The van der Waals surface area contributed by atoms with Crippen LogP contribution in [0.5, 0.6) is 11.5 Å². The Bertz CT molecular complexity index is 747. The van der Waals surface area contributed by atoms with Crippen molar-refractivity contribution in [3.8, 4) is 11.5 Å². The number of carbonyl (C=O) groups is 1. The molecule has 0 saturated heterocycles. The molecule has 0 amide bonds. The summed E-state index contributed by atoms with van der Waals surface area (Å²) in [5.41, 5.74) is 2.78. The highest BCUT2D eigenvalue weighted by molar-refractivity contribution is 6.07. The lowest BCUT2D eigenvalue weighted by atomic mass is 10.1. The van der Waals surface area contributed by atoms with Crippen LogP contribution in [0.2, 0.25) is 0 Å². The lowest BCUT2D eigenvalue weighted by molar-refractivity contribution is 0.104. The molecule has 0 unspecified atom stereocenters. The van der Waals surface area contributed by atoms with Gasteiger partial charge in [0.05, 0.1) is 13.2 Å². The van der Waals surface area contributed by atoms with Crippen molar-refractivity contribution in [2.45, 2.75) is 40.0 Å². The zero-order chi connectivity index (χ0) is 18.8. The summed E-state index contributed by atoms with van der Waals surface area (Å²) in [5, 5.41) is 0. The van der Waals surface area contributed by atoms with Crippen molar-refractivity contribution in [3.63, 3.8) is 0 Å². The second-order valence-corrected chi connectivity index (χ2v) is 6.15. The van der Waals surface area contributed by atoms with Gasteiger partial charge < -0.3 is 9.47 Å². The summed E-state index contributed by atoms with van der Waals surface area (Å²) in [6.07, 6.45) is 6.27. The zero-order valence-electron chi connectivity index (χ0n) is 16.0. The summed E-state index contributed by atoms with van der Waals surface area (Å²) >= 11 is 0. The normalized spacial score (nSPS) is 10.9. The summed E-state index contributed by atoms with van der Waals surface area (Å²) in [6.45, 7) is 7.56. The van der Waals surface area contributed by atoms with Crippen molar-refractivity contribution in [1.82, 2.24) is 0 Å². The van der Waals surface area contributed by atoms with E-state index in [1.807, 2.05) is 30.3 Å². The molecule has 0 radical (unpaired) electrons. The molecule has 3 heteroatoms. The second-order valence-electron chi connectivity index (χ2n) is 6.15. The highest BCUT2D eigenvalue weighted by Crippen LogP contribution is 2.23. The van der Waals surface area contributed by atoms with Crippen LogP contribution in [0, 0.1) is 0 Å². The highest BCUT2D eigenvalue weighted by Gasteiger charge is 2.06. The maximum atomic E-state index is 12.5. The van der Waals surface area contributed by atoms with Crippen LogP contribution in [0.1, 0.15) is 55.1 Å². The minimum absolute atomic E-state index is 0.0460. The Morgan fingerprint density at radius 3 is 2.46 bits per heavy atom. The smallest absolute Gasteiger partial charge is 0.185 e. The average Bonchev–Trinajstić information content (AvgIpc) is 2.69. The van der Waals surface area contributed by atoms with Crippen LogP contribution in [-0.4, -0.2) is 19.0 Å². The van der Waals surface area contributed by atoms with E-state index in [1.165, 1.54) is 5.56 Å². The predicted molar refractivity (Wildman–Crippen MR) is 107 cm³/mol. The van der Waals surface area contributed by atoms with Gasteiger partial charge in [0.25, 0.3) is 0 Å². The Morgan fingerprint density at radius 2 is 1.73 bits per heavy atom. The van der Waals surface area contributed by atoms with Gasteiger partial charge in [-0.3, -0.25) is 4.79 Å². The SMILES string of the molecule is CCCOc1cccc(C(=O)/C=C/c2cc(CC)ccc2OCCC)c1. The molecule has 0 N–H and O–H groups in total. The number of rotatable bonds is 10. The molecule has 0 atom stereocenters. The summed E-state index contributed by atoms with van der Waals surface area (Å²) in [4.78, 5) is 12.5. The number of allylic oxidation sites excluding steroid dienone is 1. The number of hydrogen-bond acceptors (Lipinski definition) is 3. The van der Waals surface area contributed by atoms with Crippen molar-refractivity contribution in [2.75, 3.05) is 13.2 Å². The van der Waals surface area contributed by atoms with Gasteiger partial charge in [0.1, 0.15) is 11.5 Å². The van der Waals surface area contributed by atoms with E-state index in [-0.39, 0.29) is 5.78 Å². The second kappa shape index (κ2) is 10.4. The average molecular weight is 352 g/mol. The van der Waals surface area contributed by atoms with Crippen LogP contribution >= 0.6 is 0 Å². The molecule has 2 aromatic carbocycles. The maximum absolute atomic E-state index is 12.5. The fourth-order valence-electron chi connectivity index (χ4n) is 2.51. The first-order chi connectivity index (χ1) is 12.7. The predicted octanol–water partition coefficient (Wildman–Crippen LogP) is 5.72. The van der Waals surface area contributed by atoms with E-state index in [9.17, 15) is 4.79 Å². The first-order valence-corrected chi connectivity index (χ1v) is 9.38. The van der Waals surface area contributed by atoms with Crippen molar-refractivity contribution in [2.24, 2.45) is 0 Å². The molecule has 0 saturated carbocycles. The van der Waals surface area contributed by atoms with Crippen molar-refractivity contribution < 1.29 is 14.3 Å². The van der Waals surface area contributed by atoms with Gasteiger partial charge in [0.15, 0.2) is 5.78 Å². The van der Waals surface area contributed by atoms with Gasteiger partial charge in [0.2, 0.25) is 0 Å². The van der Waals surface area contributed by atoms with Crippen molar-refractivity contribution >= 4 is 11.9 Å². The summed E-state index contributed by atoms with van der Waals surface area (Å²) in [6, 6.07) is 13.4. The van der Waals surface area contributed by atoms with E-state index in [1.54, 1.807) is 12.1 Å². The van der Waals surface area contributed by atoms with E-state index >= 15 is 0 Å². The zero-order valence-corrected chi connectivity index (χ0v) is 16.0. The van der Waals surface area contributed by atoms with Gasteiger partial charge in [-0.2, -0.15) is 0 Å². The van der Waals surface area contributed by atoms with Gasteiger partial charge in [-0.25, -0.2) is 0 Å². The van der Waals surface area contributed by atoms with Gasteiger partial charge in [-0.1, -0.05) is 39.0 Å². The topological polar surface area (TPSA) is 35.5 Å². The standard InChI is InChI=1S/C23H28O3/c1-4-14-25-21-9-7-8-19(17-21)22(24)12-11-20-16-18(6-3)10-13-23(20)26-15-5-2/h7-13,16-17H,4-6,14-15H2,1-3H3/b12-11+. The minimum Gasteiger partial charge on any atom is -0.494 e. The molecule has 2 aromatic rings. The summed E-state index contributed by atoms with van der Waals surface area (Å²) < 4.78 is 11.4. The fourth-order valence-corrected chi connectivity index (χ4v) is 2.51. The molecule has 26 heavy (non-hydrogen) atoms. The molecular formula is C23H28O3. The molecule has 138 valence electrons. The van der Waals surface area contributed by atoms with Gasteiger partial charge in [0, 0.05) is 11.1 Å². The molecule has 3 nitrogen and oxygen atoms in total. The van der Waals surface area contributed by atoms with Gasteiger partial charge >= 0.3 is 0 Å². The van der Waals surface area contributed by atoms with Crippen LogP contribution in [-0.2, 0) is 6.42 Å². The number of ketones is 1. The molecule has 0 aromatic heterocycles. The number of hydrogen-bond donors (Lipinski definition) is 0. The van der Waals surface area contributed by atoms with Crippen LogP contribution in [0.3, 0.4) is 0 Å². The third-order valence-electron chi connectivity index (χ3n) is 3.95. The Kier molecular flexibility index (Phi) is 7.94. The summed E-state index contributed by atoms with van der Waals surface area (Å²) in [5.74, 6) is 1.49. The minimum atomic E-state index is -0.0460. The lowest BCUT2D eigenvalue weighted by Crippen LogP contribution is -1.99. The Morgan fingerprint density at radius 1 is 0.962 bits per heavy atom. The van der Waals surface area contributed by atoms with Crippen molar-refractivity contribution in [1.29, 1.82) is 0 Å². The maximum Gasteiger partial charge on any atom is 0.185 e. The van der Waals surface area contributed by atoms with Crippen LogP contribution < -0.4 is 9.47 Å². The third-order valence-corrected chi connectivity index (χ3v) is 3.95. The number of ether oxygens (including phenoxy) is 2. The Labute approximate surface area is 156 Å². The number of aryl methyl sites for hydroxylation is 1. The van der Waals surface area contributed by atoms with Crippen LogP contribution in [0.15, 0.2) is 48.5 Å². The molecule has 0 aliphatic heterocycles. The monoisotopic (exact) mass is 352 g/mol. The molecule has 0 fully saturated rings. The van der Waals surface area contributed by atoms with E-state index in [0.29, 0.717) is 18.8 Å².